The molecule has 0 spiro atoms. The predicted molar refractivity (Wildman–Crippen MR) is 124 cm³/mol. The van der Waals surface area contributed by atoms with Gasteiger partial charge in [0.15, 0.2) is 11.3 Å². The summed E-state index contributed by atoms with van der Waals surface area (Å²) in [5.41, 5.74) is -1.30. The molecule has 0 saturated carbocycles. The van der Waals surface area contributed by atoms with Crippen LogP contribution in [0.3, 0.4) is 0 Å². The van der Waals surface area contributed by atoms with Gasteiger partial charge < -0.3 is 15.1 Å². The third-order valence-electron chi connectivity index (χ3n) is 5.54. The molecule has 1 atom stereocenters. The second-order valence-corrected chi connectivity index (χ2v) is 10.4. The Balaban J connectivity index is 1.45. The summed E-state index contributed by atoms with van der Waals surface area (Å²) >= 11 is 1.23. The second kappa shape index (κ2) is 8.15. The molecular formula is C24H25N3O5S. The average molecular weight is 468 g/mol. The van der Waals surface area contributed by atoms with Crippen molar-refractivity contribution >= 4 is 45.9 Å². The third kappa shape index (κ3) is 4.28. The minimum Gasteiger partial charge on any atom is -0.458 e. The number of thiophene rings is 1. The molecule has 33 heavy (non-hydrogen) atoms. The predicted octanol–water partition coefficient (Wildman–Crippen LogP) is 3.81. The number of nitrogens with one attached hydrogen (secondary N) is 2. The molecule has 3 aromatic rings. The molecule has 2 N–H and O–H groups in total. The summed E-state index contributed by atoms with van der Waals surface area (Å²) < 4.78 is 5.81. The van der Waals surface area contributed by atoms with E-state index in [1.165, 1.54) is 11.3 Å². The summed E-state index contributed by atoms with van der Waals surface area (Å²) in [6, 6.07) is 11.8. The number of carbonyl (C=O) groups is 4. The number of hydrogen-bond donors (Lipinski definition) is 2. The van der Waals surface area contributed by atoms with E-state index in [-0.39, 0.29) is 18.2 Å². The van der Waals surface area contributed by atoms with E-state index >= 15 is 0 Å². The van der Waals surface area contributed by atoms with Gasteiger partial charge in [-0.1, -0.05) is 39.0 Å². The molecule has 3 heterocycles. The van der Waals surface area contributed by atoms with Crippen LogP contribution in [0.4, 0.5) is 4.79 Å². The number of furan rings is 1. The van der Waals surface area contributed by atoms with Crippen LogP contribution in [0.1, 0.15) is 48.0 Å². The van der Waals surface area contributed by atoms with Crippen molar-refractivity contribution in [3.05, 3.63) is 58.0 Å². The first kappa shape index (κ1) is 22.7. The molecule has 2 aromatic heterocycles. The summed E-state index contributed by atoms with van der Waals surface area (Å²) in [5, 5.41) is 6.32. The number of carbonyl (C=O) groups excluding carboxylic acids is 4. The van der Waals surface area contributed by atoms with Crippen LogP contribution < -0.4 is 10.6 Å². The largest absolute Gasteiger partial charge is 0.458 e. The van der Waals surface area contributed by atoms with E-state index in [0.717, 1.165) is 15.2 Å². The van der Waals surface area contributed by atoms with E-state index in [1.807, 2.05) is 39.0 Å². The minimum atomic E-state index is -1.39. The van der Waals surface area contributed by atoms with Crippen molar-refractivity contribution in [3.8, 4) is 0 Å². The van der Waals surface area contributed by atoms with Crippen LogP contribution in [0.25, 0.3) is 11.0 Å². The van der Waals surface area contributed by atoms with E-state index in [2.05, 4.69) is 10.6 Å². The van der Waals surface area contributed by atoms with Crippen LogP contribution in [0.15, 0.2) is 46.9 Å². The van der Waals surface area contributed by atoms with Gasteiger partial charge in [-0.05, 0) is 31.2 Å². The monoisotopic (exact) mass is 467 g/mol. The maximum Gasteiger partial charge on any atom is 0.325 e. The van der Waals surface area contributed by atoms with Crippen LogP contribution in [0.5, 0.6) is 0 Å². The van der Waals surface area contributed by atoms with Gasteiger partial charge in [-0.3, -0.25) is 19.3 Å². The van der Waals surface area contributed by atoms with Crippen molar-refractivity contribution in [2.45, 2.75) is 39.8 Å². The van der Waals surface area contributed by atoms with Crippen LogP contribution in [0, 0.1) is 5.41 Å². The van der Waals surface area contributed by atoms with Crippen LogP contribution >= 0.6 is 11.3 Å². The van der Waals surface area contributed by atoms with Gasteiger partial charge in [-0.2, -0.15) is 0 Å². The van der Waals surface area contributed by atoms with Gasteiger partial charge in [-0.15, -0.1) is 11.3 Å². The highest BCUT2D eigenvalue weighted by Gasteiger charge is 2.51. The number of ketones is 1. The van der Waals surface area contributed by atoms with Gasteiger partial charge >= 0.3 is 6.03 Å². The van der Waals surface area contributed by atoms with Crippen molar-refractivity contribution in [2.75, 3.05) is 6.54 Å². The van der Waals surface area contributed by atoms with E-state index in [4.69, 9.17) is 4.42 Å². The lowest BCUT2D eigenvalue weighted by atomic mass is 9.96. The molecule has 1 aliphatic rings. The van der Waals surface area contributed by atoms with Crippen LogP contribution in [-0.2, 0) is 21.7 Å². The highest BCUT2D eigenvalue weighted by molar-refractivity contribution is 7.14. The van der Waals surface area contributed by atoms with Gasteiger partial charge in [0.2, 0.25) is 5.91 Å². The lowest BCUT2D eigenvalue weighted by molar-refractivity contribution is -0.131. The molecule has 0 aliphatic carbocycles. The Morgan fingerprint density at radius 2 is 1.88 bits per heavy atom. The van der Waals surface area contributed by atoms with E-state index in [0.29, 0.717) is 22.8 Å². The standard InChI is InChI=1S/C24H25N3O5S/c1-23(2,3)20(29)25-12-15-9-10-18(33-15)16(28)13-27-21(30)24(4,26-22(27)31)19-11-14-7-5-6-8-17(14)32-19/h5-11H,12-13H2,1-4H3,(H,25,29)(H,26,31)/t24-/m1/s1. The SMILES string of the molecule is CC(C)(C)C(=O)NCc1ccc(C(=O)CN2C(=O)N[C@](C)(c3cc4ccccc4o3)C2=O)s1. The van der Waals surface area contributed by atoms with Gasteiger partial charge in [0.1, 0.15) is 11.3 Å². The Bertz CT molecular complexity index is 1240. The fraction of sp³-hybridized carbons (Fsp3) is 0.333. The molecular weight excluding hydrogens is 442 g/mol. The Hall–Kier alpha value is -3.46. The molecule has 1 saturated heterocycles. The van der Waals surface area contributed by atoms with Crippen molar-refractivity contribution in [3.63, 3.8) is 0 Å². The number of imide groups is 1. The third-order valence-corrected chi connectivity index (χ3v) is 6.66. The summed E-state index contributed by atoms with van der Waals surface area (Å²) in [7, 11) is 0. The summed E-state index contributed by atoms with van der Waals surface area (Å²) in [6.07, 6.45) is 0. The Kier molecular flexibility index (Phi) is 5.61. The number of hydrogen-bond acceptors (Lipinski definition) is 6. The molecule has 1 aliphatic heterocycles. The zero-order valence-corrected chi connectivity index (χ0v) is 19.7. The fourth-order valence-electron chi connectivity index (χ4n) is 3.51. The van der Waals surface area contributed by atoms with Gasteiger partial charge in [0.25, 0.3) is 5.91 Å². The molecule has 0 bridgehead atoms. The van der Waals surface area contributed by atoms with E-state index < -0.39 is 22.9 Å². The van der Waals surface area contributed by atoms with Crippen LogP contribution in [-0.4, -0.2) is 35.1 Å². The first-order valence-corrected chi connectivity index (χ1v) is 11.3. The maximum atomic E-state index is 13.1. The maximum absolute atomic E-state index is 13.1. The highest BCUT2D eigenvalue weighted by atomic mass is 32.1. The topological polar surface area (TPSA) is 109 Å². The molecule has 8 nitrogen and oxygen atoms in total. The lowest BCUT2D eigenvalue weighted by Gasteiger charge is -2.18. The first-order chi connectivity index (χ1) is 15.5. The quantitative estimate of drug-likeness (QED) is 0.423. The number of urea groups is 1. The number of para-hydroxylation sites is 1. The fourth-order valence-corrected chi connectivity index (χ4v) is 4.39. The summed E-state index contributed by atoms with van der Waals surface area (Å²) in [4.78, 5) is 52.7. The van der Waals surface area contributed by atoms with Crippen molar-refractivity contribution in [1.29, 1.82) is 0 Å². The Labute approximate surface area is 194 Å². The number of amides is 4. The van der Waals surface area contributed by atoms with Gasteiger partial charge in [0.05, 0.1) is 18.0 Å². The van der Waals surface area contributed by atoms with Crippen molar-refractivity contribution in [2.24, 2.45) is 5.41 Å². The molecule has 1 aromatic carbocycles. The van der Waals surface area contributed by atoms with Crippen molar-refractivity contribution < 1.29 is 23.6 Å². The zero-order chi connectivity index (χ0) is 24.0. The normalized spacial score (nSPS) is 18.6. The van der Waals surface area contributed by atoms with Gasteiger partial charge in [-0.25, -0.2) is 4.79 Å². The average Bonchev–Trinajstić information content (AvgIpc) is 3.45. The number of fused-ring (bicyclic) bond motifs is 1. The van der Waals surface area contributed by atoms with Crippen LogP contribution in [0.2, 0.25) is 0 Å². The first-order valence-electron chi connectivity index (χ1n) is 10.5. The smallest absolute Gasteiger partial charge is 0.325 e. The molecule has 0 unspecified atom stereocenters. The summed E-state index contributed by atoms with van der Waals surface area (Å²) in [6.45, 7) is 6.96. The Morgan fingerprint density at radius 1 is 1.15 bits per heavy atom. The van der Waals surface area contributed by atoms with E-state index in [1.54, 1.807) is 31.2 Å². The van der Waals surface area contributed by atoms with Gasteiger partial charge in [0, 0.05) is 15.7 Å². The minimum absolute atomic E-state index is 0.0898. The summed E-state index contributed by atoms with van der Waals surface area (Å²) in [5.74, 6) is -0.683. The molecule has 172 valence electrons. The molecule has 1 fully saturated rings. The number of rotatable bonds is 6. The molecule has 4 amide bonds. The molecule has 4 rings (SSSR count). The second-order valence-electron chi connectivity index (χ2n) is 9.22. The molecule has 9 heteroatoms. The number of Topliss-reactive ketones (excluding diaryl/α,β-unsaturated/α-hetero) is 1. The zero-order valence-electron chi connectivity index (χ0n) is 18.9. The van der Waals surface area contributed by atoms with E-state index in [9.17, 15) is 19.2 Å². The number of nitrogens with zero attached hydrogens (tertiary/aromatic N) is 1. The number of benzene rings is 1. The van der Waals surface area contributed by atoms with Crippen molar-refractivity contribution in [1.82, 2.24) is 15.5 Å². The lowest BCUT2D eigenvalue weighted by Crippen LogP contribution is -2.41. The Morgan fingerprint density at radius 3 is 2.58 bits per heavy atom. The highest BCUT2D eigenvalue weighted by Crippen LogP contribution is 2.33. The molecule has 0 radical (unpaired) electrons.